The van der Waals surface area contributed by atoms with Crippen molar-refractivity contribution in [2.24, 2.45) is 34.0 Å². The number of hydrogen-bond acceptors (Lipinski definition) is 7. The summed E-state index contributed by atoms with van der Waals surface area (Å²) in [7, 11) is 1.56. The van der Waals surface area contributed by atoms with E-state index in [0.29, 0.717) is 49.4 Å². The maximum atomic E-state index is 14.1. The van der Waals surface area contributed by atoms with Crippen LogP contribution >= 0.6 is 0 Å². The Kier molecular flexibility index (Phi) is 7.60. The third-order valence-corrected chi connectivity index (χ3v) is 11.5. The monoisotopic (exact) mass is 598 g/mol. The standard InChI is InChI=1S/C37H42O7/c1-22-25-13-15-28-36(4)18-17-30(38)35(2,3)29(36)20-31(39)37(28,33(22)41)34(25)44-32(40)16-12-23-11-14-26(27(19-23)42-5)43-21-24-9-7-6-8-10-24/h6-12,14,16,19,25,28-29,31,34,39H,1,13,15,17-18,20-21H2,2-5H3/b16-12+/t25-,28-,29+,31+,34+,36-,37?/m0/s1. The summed E-state index contributed by atoms with van der Waals surface area (Å²) in [6.45, 7) is 10.7. The molecule has 1 N–H and O–H groups in total. The summed E-state index contributed by atoms with van der Waals surface area (Å²) < 4.78 is 17.6. The Balaban J connectivity index is 1.23. The molecule has 4 saturated carbocycles. The smallest absolute Gasteiger partial charge is 0.331 e. The van der Waals surface area contributed by atoms with Gasteiger partial charge in [0.2, 0.25) is 0 Å². The van der Waals surface area contributed by atoms with Crippen LogP contribution in [0.4, 0.5) is 0 Å². The molecule has 6 rings (SSSR count). The lowest BCUT2D eigenvalue weighted by atomic mass is 9.39. The van der Waals surface area contributed by atoms with Crippen molar-refractivity contribution in [2.75, 3.05) is 7.11 Å². The summed E-state index contributed by atoms with van der Waals surface area (Å²) in [6.07, 6.45) is 4.00. The Labute approximate surface area is 259 Å². The molecule has 7 atom stereocenters. The fourth-order valence-corrected chi connectivity index (χ4v) is 9.25. The lowest BCUT2D eigenvalue weighted by Gasteiger charge is -2.64. The van der Waals surface area contributed by atoms with Crippen molar-refractivity contribution in [1.82, 2.24) is 0 Å². The number of aliphatic hydroxyl groups excluding tert-OH is 1. The van der Waals surface area contributed by atoms with Gasteiger partial charge in [-0.05, 0) is 77.8 Å². The van der Waals surface area contributed by atoms with Gasteiger partial charge in [0, 0.05) is 23.8 Å². The van der Waals surface area contributed by atoms with Crippen LogP contribution in [0.1, 0.15) is 64.0 Å². The van der Waals surface area contributed by atoms with Gasteiger partial charge in [-0.3, -0.25) is 9.59 Å². The second-order valence-electron chi connectivity index (χ2n) is 13.9. The molecule has 0 saturated heterocycles. The van der Waals surface area contributed by atoms with Crippen LogP contribution in [0.25, 0.3) is 6.08 Å². The number of ether oxygens (including phenoxy) is 3. The molecule has 44 heavy (non-hydrogen) atoms. The van der Waals surface area contributed by atoms with Crippen LogP contribution in [0.3, 0.4) is 0 Å². The molecule has 4 fully saturated rings. The Bertz CT molecular complexity index is 1520. The van der Waals surface area contributed by atoms with Gasteiger partial charge in [0.15, 0.2) is 17.3 Å². The second kappa shape index (κ2) is 11.0. The van der Waals surface area contributed by atoms with Crippen LogP contribution in [0.15, 0.2) is 66.8 Å². The van der Waals surface area contributed by atoms with Crippen molar-refractivity contribution in [1.29, 1.82) is 0 Å². The van der Waals surface area contributed by atoms with Gasteiger partial charge in [-0.2, -0.15) is 0 Å². The average Bonchev–Trinajstić information content (AvgIpc) is 3.13. The van der Waals surface area contributed by atoms with Crippen molar-refractivity contribution in [3.63, 3.8) is 0 Å². The fourth-order valence-electron chi connectivity index (χ4n) is 9.25. The van der Waals surface area contributed by atoms with E-state index in [0.717, 1.165) is 17.5 Å². The van der Waals surface area contributed by atoms with Crippen molar-refractivity contribution < 1.29 is 33.7 Å². The van der Waals surface area contributed by atoms with Gasteiger partial charge in [0.25, 0.3) is 0 Å². The highest BCUT2D eigenvalue weighted by molar-refractivity contribution is 6.05. The average molecular weight is 599 g/mol. The number of esters is 1. The van der Waals surface area contributed by atoms with Crippen molar-refractivity contribution in [3.05, 3.63) is 77.9 Å². The summed E-state index contributed by atoms with van der Waals surface area (Å²) >= 11 is 0. The lowest BCUT2D eigenvalue weighted by Crippen LogP contribution is -2.68. The number of ketones is 2. The van der Waals surface area contributed by atoms with E-state index >= 15 is 0 Å². The SMILES string of the molecule is C=C1C(=O)C23[C@H](O)C[C@@H]4C(C)(C)C(=O)CC[C@@]4(C)[C@@H]2CC[C@@H]1[C@H]3OC(=O)/C=C/c1ccc(OCc2ccccc2)c(OC)c1. The van der Waals surface area contributed by atoms with Crippen LogP contribution in [-0.4, -0.2) is 42.0 Å². The zero-order valence-corrected chi connectivity index (χ0v) is 26.0. The minimum absolute atomic E-state index is 0.0639. The summed E-state index contributed by atoms with van der Waals surface area (Å²) in [6, 6.07) is 15.2. The molecule has 2 aromatic rings. The zero-order chi connectivity index (χ0) is 31.4. The van der Waals surface area contributed by atoms with Gasteiger partial charge in [-0.1, -0.05) is 63.7 Å². The summed E-state index contributed by atoms with van der Waals surface area (Å²) in [5, 5.41) is 11.8. The highest BCUT2D eigenvalue weighted by Gasteiger charge is 2.75. The van der Waals surface area contributed by atoms with E-state index < -0.39 is 29.0 Å². The number of methoxy groups -OCH3 is 1. The van der Waals surface area contributed by atoms with Crippen LogP contribution in [0.5, 0.6) is 11.5 Å². The number of rotatable bonds is 7. The quantitative estimate of drug-likeness (QED) is 0.303. The highest BCUT2D eigenvalue weighted by Crippen LogP contribution is 2.71. The largest absolute Gasteiger partial charge is 0.493 e. The molecule has 7 heteroatoms. The van der Waals surface area contributed by atoms with E-state index in [2.05, 4.69) is 13.5 Å². The zero-order valence-electron chi connectivity index (χ0n) is 26.0. The first-order chi connectivity index (χ1) is 20.9. The van der Waals surface area contributed by atoms with E-state index in [1.807, 2.05) is 50.2 Å². The number of hydrogen-bond donors (Lipinski definition) is 1. The highest BCUT2D eigenvalue weighted by atomic mass is 16.5. The van der Waals surface area contributed by atoms with Crippen molar-refractivity contribution in [2.45, 2.75) is 71.7 Å². The number of carbonyl (C=O) groups is 3. The van der Waals surface area contributed by atoms with Crippen molar-refractivity contribution >= 4 is 23.6 Å². The fraction of sp³-hybridized carbons (Fsp3) is 0.486. The van der Waals surface area contributed by atoms with Gasteiger partial charge < -0.3 is 19.3 Å². The molecule has 0 aliphatic heterocycles. The molecule has 2 bridgehead atoms. The molecule has 1 spiro atoms. The Morgan fingerprint density at radius 3 is 2.52 bits per heavy atom. The van der Waals surface area contributed by atoms with E-state index in [-0.39, 0.29) is 34.7 Å². The molecule has 0 heterocycles. The Hall–Kier alpha value is -3.71. The topological polar surface area (TPSA) is 99.1 Å². The minimum atomic E-state index is -1.24. The molecular weight excluding hydrogens is 556 g/mol. The van der Waals surface area contributed by atoms with Crippen LogP contribution < -0.4 is 9.47 Å². The molecule has 0 radical (unpaired) electrons. The second-order valence-corrected chi connectivity index (χ2v) is 13.9. The van der Waals surface area contributed by atoms with E-state index in [4.69, 9.17) is 14.2 Å². The minimum Gasteiger partial charge on any atom is -0.493 e. The van der Waals surface area contributed by atoms with Crippen LogP contribution in [0.2, 0.25) is 0 Å². The number of carbonyl (C=O) groups excluding carboxylic acids is 3. The Morgan fingerprint density at radius 1 is 1.05 bits per heavy atom. The summed E-state index contributed by atoms with van der Waals surface area (Å²) in [4.78, 5) is 40.4. The number of benzene rings is 2. The maximum Gasteiger partial charge on any atom is 0.331 e. The van der Waals surface area contributed by atoms with Gasteiger partial charge in [0.05, 0.1) is 18.6 Å². The number of fused-ring (bicyclic) bond motifs is 3. The molecule has 4 aliphatic rings. The van der Waals surface area contributed by atoms with E-state index in [9.17, 15) is 19.5 Å². The van der Waals surface area contributed by atoms with Crippen LogP contribution in [-0.2, 0) is 25.7 Å². The molecule has 1 unspecified atom stereocenters. The number of aliphatic hydroxyl groups is 1. The first-order valence-electron chi connectivity index (χ1n) is 15.6. The maximum absolute atomic E-state index is 14.1. The predicted molar refractivity (Wildman–Crippen MR) is 166 cm³/mol. The van der Waals surface area contributed by atoms with E-state index in [1.54, 1.807) is 25.3 Å². The number of Topliss-reactive ketones (excluding diaryl/α,β-unsaturated/α-hetero) is 2. The molecule has 232 valence electrons. The summed E-state index contributed by atoms with van der Waals surface area (Å²) in [5.74, 6) is -0.0338. The third-order valence-electron chi connectivity index (χ3n) is 11.5. The third kappa shape index (κ3) is 4.54. The first-order valence-corrected chi connectivity index (χ1v) is 15.6. The molecule has 0 aromatic heterocycles. The van der Waals surface area contributed by atoms with Crippen LogP contribution in [0, 0.1) is 34.0 Å². The molecule has 2 aromatic carbocycles. The Morgan fingerprint density at radius 2 is 1.80 bits per heavy atom. The van der Waals surface area contributed by atoms with Gasteiger partial charge >= 0.3 is 5.97 Å². The first kappa shape index (κ1) is 30.3. The molecule has 0 amide bonds. The van der Waals surface area contributed by atoms with Crippen molar-refractivity contribution in [3.8, 4) is 11.5 Å². The van der Waals surface area contributed by atoms with Gasteiger partial charge in [-0.15, -0.1) is 0 Å². The molecule has 7 nitrogen and oxygen atoms in total. The molecular formula is C37H42O7. The van der Waals surface area contributed by atoms with Gasteiger partial charge in [0.1, 0.15) is 18.5 Å². The lowest BCUT2D eigenvalue weighted by molar-refractivity contribution is -0.228. The normalized spacial score (nSPS) is 33.9. The molecule has 4 aliphatic carbocycles. The van der Waals surface area contributed by atoms with E-state index in [1.165, 1.54) is 6.08 Å². The van der Waals surface area contributed by atoms with Gasteiger partial charge in [-0.25, -0.2) is 4.79 Å². The predicted octanol–water partition coefficient (Wildman–Crippen LogP) is 6.13. The summed E-state index contributed by atoms with van der Waals surface area (Å²) in [5.41, 5.74) is 0.0150.